The number of H-pyrrole nitrogens is 1. The predicted octanol–water partition coefficient (Wildman–Crippen LogP) is 2.68. The lowest BCUT2D eigenvalue weighted by atomic mass is 9.98. The summed E-state index contributed by atoms with van der Waals surface area (Å²) >= 11 is 0. The van der Waals surface area contributed by atoms with E-state index in [0.717, 1.165) is 33.5 Å². The van der Waals surface area contributed by atoms with Gasteiger partial charge in [-0.25, -0.2) is 4.79 Å². The molecule has 5 rings (SSSR count). The molecule has 174 valence electrons. The van der Waals surface area contributed by atoms with Crippen LogP contribution in [0.5, 0.6) is 0 Å². The van der Waals surface area contributed by atoms with E-state index in [4.69, 9.17) is 4.74 Å². The molecule has 1 unspecified atom stereocenters. The average Bonchev–Trinajstić information content (AvgIpc) is 3.43. The van der Waals surface area contributed by atoms with Gasteiger partial charge in [0.25, 0.3) is 0 Å². The Bertz CT molecular complexity index is 1210. The molecule has 1 atom stereocenters. The number of carboxylic acids is 1. The highest BCUT2D eigenvalue weighted by molar-refractivity contribution is 5.89. The van der Waals surface area contributed by atoms with Crippen LogP contribution in [0, 0.1) is 0 Å². The molecule has 1 aliphatic carbocycles. The maximum atomic E-state index is 13.0. The Hall–Kier alpha value is -4.14. The van der Waals surface area contributed by atoms with E-state index in [1.54, 1.807) is 6.20 Å². The Balaban J connectivity index is 1.26. The van der Waals surface area contributed by atoms with Gasteiger partial charge in [0.15, 0.2) is 0 Å². The molecule has 0 saturated carbocycles. The smallest absolute Gasteiger partial charge is 0.407 e. The van der Waals surface area contributed by atoms with Crippen molar-refractivity contribution in [1.29, 1.82) is 0 Å². The van der Waals surface area contributed by atoms with E-state index in [-0.39, 0.29) is 19.1 Å². The fourth-order valence-electron chi connectivity index (χ4n) is 4.78. The van der Waals surface area contributed by atoms with Crippen LogP contribution in [0.15, 0.2) is 54.7 Å². The number of benzene rings is 2. The van der Waals surface area contributed by atoms with Gasteiger partial charge in [0, 0.05) is 12.5 Å². The maximum Gasteiger partial charge on any atom is 0.407 e. The number of rotatable bonds is 6. The molecule has 3 N–H and O–H groups in total. The molecule has 2 amide bonds. The van der Waals surface area contributed by atoms with E-state index in [0.29, 0.717) is 13.0 Å². The van der Waals surface area contributed by atoms with Gasteiger partial charge in [-0.05, 0) is 34.2 Å². The fourth-order valence-corrected chi connectivity index (χ4v) is 4.78. The Morgan fingerprint density at radius 1 is 1.12 bits per heavy atom. The zero-order valence-electron chi connectivity index (χ0n) is 18.4. The summed E-state index contributed by atoms with van der Waals surface area (Å²) in [6.45, 7) is 0.791. The number of nitrogens with one attached hydrogen (secondary N) is 2. The zero-order valence-corrected chi connectivity index (χ0v) is 18.4. The number of fused-ring (bicyclic) bond motifs is 4. The minimum atomic E-state index is -1.22. The van der Waals surface area contributed by atoms with Gasteiger partial charge in [-0.1, -0.05) is 48.5 Å². The normalized spacial score (nSPS) is 15.1. The lowest BCUT2D eigenvalue weighted by molar-refractivity contribution is -0.143. The second kappa shape index (κ2) is 9.01. The number of aromatic nitrogens is 2. The van der Waals surface area contributed by atoms with Crippen LogP contribution in [0.1, 0.15) is 34.7 Å². The standard InChI is InChI=1S/C25H24N4O5/c30-23(31)11-21(24(32)29-10-9-15-12-26-28-22(15)13-29)27-25(33)34-14-20-18-7-3-1-5-16(18)17-6-2-4-8-19(17)20/h1-8,12,20-21H,9-11,13-14H2,(H,26,28)(H,27,33)(H,30,31). The molecule has 9 nitrogen and oxygen atoms in total. The number of aliphatic carboxylic acids is 1. The number of hydrogen-bond acceptors (Lipinski definition) is 5. The summed E-state index contributed by atoms with van der Waals surface area (Å²) in [4.78, 5) is 38.6. The quantitative estimate of drug-likeness (QED) is 0.520. The summed E-state index contributed by atoms with van der Waals surface area (Å²) < 4.78 is 5.50. The summed E-state index contributed by atoms with van der Waals surface area (Å²) in [5.74, 6) is -1.78. The van der Waals surface area contributed by atoms with Gasteiger partial charge in [-0.15, -0.1) is 0 Å². The van der Waals surface area contributed by atoms with Crippen molar-refractivity contribution in [2.45, 2.75) is 31.3 Å². The van der Waals surface area contributed by atoms with Crippen LogP contribution in [0.2, 0.25) is 0 Å². The van der Waals surface area contributed by atoms with Crippen LogP contribution in [0.4, 0.5) is 4.79 Å². The summed E-state index contributed by atoms with van der Waals surface area (Å²) in [5, 5.41) is 18.6. The Morgan fingerprint density at radius 2 is 1.79 bits per heavy atom. The number of ether oxygens (including phenoxy) is 1. The van der Waals surface area contributed by atoms with Crippen molar-refractivity contribution >= 4 is 18.0 Å². The molecule has 2 aliphatic rings. The first-order valence-corrected chi connectivity index (χ1v) is 11.1. The number of alkyl carbamates (subject to hydrolysis) is 1. The maximum absolute atomic E-state index is 13.0. The van der Waals surface area contributed by atoms with Gasteiger partial charge in [-0.2, -0.15) is 5.10 Å². The van der Waals surface area contributed by atoms with E-state index < -0.39 is 30.4 Å². The number of aromatic amines is 1. The summed E-state index contributed by atoms with van der Waals surface area (Å²) in [7, 11) is 0. The fraction of sp³-hybridized carbons (Fsp3) is 0.280. The molecule has 2 aromatic carbocycles. The monoisotopic (exact) mass is 460 g/mol. The minimum Gasteiger partial charge on any atom is -0.481 e. The Labute approximate surface area is 195 Å². The highest BCUT2D eigenvalue weighted by Gasteiger charge is 2.33. The second-order valence-corrected chi connectivity index (χ2v) is 8.50. The molecule has 0 spiro atoms. The highest BCUT2D eigenvalue weighted by Crippen LogP contribution is 2.44. The topological polar surface area (TPSA) is 125 Å². The van der Waals surface area contributed by atoms with E-state index in [2.05, 4.69) is 15.5 Å². The van der Waals surface area contributed by atoms with E-state index >= 15 is 0 Å². The number of carbonyl (C=O) groups is 3. The molecule has 0 radical (unpaired) electrons. The number of carboxylic acid groups (broad SMARTS) is 1. The van der Waals surface area contributed by atoms with Crippen LogP contribution in [-0.4, -0.2) is 57.4 Å². The van der Waals surface area contributed by atoms with Crippen molar-refractivity contribution in [2.75, 3.05) is 13.2 Å². The summed E-state index contributed by atoms with van der Waals surface area (Å²) in [6, 6.07) is 14.7. The van der Waals surface area contributed by atoms with Crippen LogP contribution in [0.25, 0.3) is 11.1 Å². The molecule has 9 heteroatoms. The van der Waals surface area contributed by atoms with E-state index in [1.165, 1.54) is 4.90 Å². The van der Waals surface area contributed by atoms with Gasteiger partial charge in [0.2, 0.25) is 5.91 Å². The van der Waals surface area contributed by atoms with Gasteiger partial charge >= 0.3 is 12.1 Å². The number of amides is 2. The van der Waals surface area contributed by atoms with Crippen LogP contribution < -0.4 is 5.32 Å². The van der Waals surface area contributed by atoms with Crippen molar-refractivity contribution in [3.05, 3.63) is 77.1 Å². The van der Waals surface area contributed by atoms with Crippen molar-refractivity contribution in [1.82, 2.24) is 20.4 Å². The van der Waals surface area contributed by atoms with Gasteiger partial charge in [-0.3, -0.25) is 14.7 Å². The average molecular weight is 460 g/mol. The van der Waals surface area contributed by atoms with Crippen molar-refractivity contribution < 1.29 is 24.2 Å². The third-order valence-corrected chi connectivity index (χ3v) is 6.43. The Morgan fingerprint density at radius 3 is 2.47 bits per heavy atom. The SMILES string of the molecule is O=C(O)CC(NC(=O)OCC1c2ccccc2-c2ccccc21)C(=O)N1CCc2cn[nH]c2C1. The molecule has 1 aromatic heterocycles. The third-order valence-electron chi connectivity index (χ3n) is 6.43. The zero-order chi connectivity index (χ0) is 23.7. The number of nitrogens with zero attached hydrogens (tertiary/aromatic N) is 2. The lowest BCUT2D eigenvalue weighted by Crippen LogP contribution is -2.50. The van der Waals surface area contributed by atoms with Crippen molar-refractivity contribution in [3.8, 4) is 11.1 Å². The third kappa shape index (κ3) is 4.12. The Kier molecular flexibility index (Phi) is 5.75. The molecule has 2 heterocycles. The van der Waals surface area contributed by atoms with Crippen molar-refractivity contribution in [2.24, 2.45) is 0 Å². The molecule has 0 fully saturated rings. The molecular weight excluding hydrogens is 436 g/mol. The predicted molar refractivity (Wildman–Crippen MR) is 122 cm³/mol. The molecule has 34 heavy (non-hydrogen) atoms. The first-order chi connectivity index (χ1) is 16.5. The van der Waals surface area contributed by atoms with Crippen LogP contribution >= 0.6 is 0 Å². The van der Waals surface area contributed by atoms with Crippen LogP contribution in [-0.2, 0) is 27.3 Å². The first-order valence-electron chi connectivity index (χ1n) is 11.1. The highest BCUT2D eigenvalue weighted by atomic mass is 16.5. The second-order valence-electron chi connectivity index (χ2n) is 8.50. The van der Waals surface area contributed by atoms with Gasteiger partial charge in [0.05, 0.1) is 24.9 Å². The molecule has 0 bridgehead atoms. The molecule has 1 aliphatic heterocycles. The number of carbonyl (C=O) groups excluding carboxylic acids is 2. The summed E-state index contributed by atoms with van der Waals surface area (Å²) in [6.07, 6.45) is 0.985. The first kappa shape index (κ1) is 21.7. The number of hydrogen-bond donors (Lipinski definition) is 3. The molecular formula is C25H24N4O5. The van der Waals surface area contributed by atoms with Crippen LogP contribution in [0.3, 0.4) is 0 Å². The molecule has 0 saturated heterocycles. The minimum absolute atomic E-state index is 0.0784. The van der Waals surface area contributed by atoms with Crippen molar-refractivity contribution in [3.63, 3.8) is 0 Å². The van der Waals surface area contributed by atoms with E-state index in [1.807, 2.05) is 48.5 Å². The van der Waals surface area contributed by atoms with E-state index in [9.17, 15) is 19.5 Å². The molecule has 3 aromatic rings. The largest absolute Gasteiger partial charge is 0.481 e. The summed E-state index contributed by atoms with van der Waals surface area (Å²) in [5.41, 5.74) is 6.19. The van der Waals surface area contributed by atoms with Gasteiger partial charge < -0.3 is 20.1 Å². The lowest BCUT2D eigenvalue weighted by Gasteiger charge is -2.30. The van der Waals surface area contributed by atoms with Gasteiger partial charge in [0.1, 0.15) is 12.6 Å².